The van der Waals surface area contributed by atoms with Gasteiger partial charge in [-0.3, -0.25) is 3.53 Å². The molecule has 18 heavy (non-hydrogen) atoms. The van der Waals surface area contributed by atoms with Gasteiger partial charge in [0.05, 0.1) is 0 Å². The highest BCUT2D eigenvalue weighted by molar-refractivity contribution is 14.1. The number of aryl methyl sites for hydroxylation is 1. The van der Waals surface area contributed by atoms with Crippen molar-refractivity contribution in [2.24, 2.45) is 0 Å². The van der Waals surface area contributed by atoms with E-state index in [9.17, 15) is 4.79 Å². The van der Waals surface area contributed by atoms with Crippen molar-refractivity contribution >= 4 is 28.6 Å². The van der Waals surface area contributed by atoms with Gasteiger partial charge in [0.15, 0.2) is 0 Å². The number of rotatable bonds is 6. The van der Waals surface area contributed by atoms with E-state index in [0.29, 0.717) is 18.3 Å². The van der Waals surface area contributed by atoms with Crippen LogP contribution in [0.1, 0.15) is 31.7 Å². The molecule has 1 fully saturated rings. The highest BCUT2D eigenvalue weighted by Crippen LogP contribution is 2.25. The standard InChI is InChI=1S/C13H17IN2O2/c1-9(17)2-3-10-4-5-13(15-8-10)18-12-6-11(7-12)16-14/h4-5,8,11-12,16H,2-3,6-7H2,1H3/t11-,12-. The molecular weight excluding hydrogens is 343 g/mol. The lowest BCUT2D eigenvalue weighted by atomic mass is 9.90. The third-order valence-electron chi connectivity index (χ3n) is 3.10. The number of ketones is 1. The van der Waals surface area contributed by atoms with E-state index < -0.39 is 0 Å². The van der Waals surface area contributed by atoms with Crippen molar-refractivity contribution < 1.29 is 9.53 Å². The molecule has 1 aromatic heterocycles. The van der Waals surface area contributed by atoms with E-state index in [1.807, 2.05) is 12.1 Å². The van der Waals surface area contributed by atoms with Crippen LogP contribution in [0.25, 0.3) is 0 Å². The van der Waals surface area contributed by atoms with E-state index in [2.05, 4.69) is 31.4 Å². The number of halogens is 1. The Kier molecular flexibility index (Phi) is 4.94. The molecule has 0 bridgehead atoms. The minimum Gasteiger partial charge on any atom is -0.474 e. The molecule has 1 saturated carbocycles. The topological polar surface area (TPSA) is 51.2 Å². The average molecular weight is 360 g/mol. The molecule has 1 aliphatic carbocycles. The van der Waals surface area contributed by atoms with E-state index in [0.717, 1.165) is 24.8 Å². The molecule has 1 aromatic rings. The second kappa shape index (κ2) is 6.47. The maximum Gasteiger partial charge on any atom is 0.213 e. The summed E-state index contributed by atoms with van der Waals surface area (Å²) >= 11 is 2.18. The van der Waals surface area contributed by atoms with Crippen molar-refractivity contribution in [1.82, 2.24) is 8.51 Å². The molecule has 4 nitrogen and oxygen atoms in total. The quantitative estimate of drug-likeness (QED) is 0.626. The number of hydrogen-bond acceptors (Lipinski definition) is 4. The predicted octanol–water partition coefficient (Wildman–Crippen LogP) is 2.45. The van der Waals surface area contributed by atoms with E-state index in [1.165, 1.54) is 0 Å². The lowest BCUT2D eigenvalue weighted by molar-refractivity contribution is -0.116. The Balaban J connectivity index is 1.79. The predicted molar refractivity (Wildman–Crippen MR) is 77.8 cm³/mol. The first kappa shape index (κ1) is 13.7. The summed E-state index contributed by atoms with van der Waals surface area (Å²) in [5.41, 5.74) is 1.08. The summed E-state index contributed by atoms with van der Waals surface area (Å²) in [5.74, 6) is 0.889. The highest BCUT2D eigenvalue weighted by atomic mass is 127. The minimum atomic E-state index is 0.210. The van der Waals surface area contributed by atoms with E-state index in [1.54, 1.807) is 13.1 Å². The van der Waals surface area contributed by atoms with Gasteiger partial charge in [0.2, 0.25) is 5.88 Å². The third kappa shape index (κ3) is 3.91. The van der Waals surface area contributed by atoms with Gasteiger partial charge < -0.3 is 9.53 Å². The summed E-state index contributed by atoms with van der Waals surface area (Å²) in [6, 6.07) is 4.45. The summed E-state index contributed by atoms with van der Waals surface area (Å²) in [4.78, 5) is 15.2. The van der Waals surface area contributed by atoms with Gasteiger partial charge in [-0.25, -0.2) is 4.98 Å². The Labute approximate surface area is 121 Å². The lowest BCUT2D eigenvalue weighted by Gasteiger charge is -2.33. The Morgan fingerprint density at radius 1 is 1.56 bits per heavy atom. The number of pyridine rings is 1. The maximum absolute atomic E-state index is 10.9. The van der Waals surface area contributed by atoms with Gasteiger partial charge in [0, 0.05) is 60.4 Å². The van der Waals surface area contributed by atoms with Crippen LogP contribution >= 0.6 is 22.9 Å². The summed E-state index contributed by atoms with van der Waals surface area (Å²) in [6.07, 6.45) is 5.49. The number of carbonyl (C=O) groups excluding carboxylic acids is 1. The Morgan fingerprint density at radius 2 is 2.33 bits per heavy atom. The molecule has 0 aliphatic heterocycles. The van der Waals surface area contributed by atoms with Crippen molar-refractivity contribution in [2.45, 2.75) is 44.8 Å². The smallest absolute Gasteiger partial charge is 0.213 e. The summed E-state index contributed by atoms with van der Waals surface area (Å²) in [5, 5.41) is 0. The highest BCUT2D eigenvalue weighted by Gasteiger charge is 2.30. The van der Waals surface area contributed by atoms with Crippen LogP contribution in [0.4, 0.5) is 0 Å². The maximum atomic E-state index is 10.9. The number of hydrogen-bond donors (Lipinski definition) is 1. The summed E-state index contributed by atoms with van der Waals surface area (Å²) in [7, 11) is 0. The molecule has 5 heteroatoms. The van der Waals surface area contributed by atoms with Gasteiger partial charge in [0.1, 0.15) is 11.9 Å². The monoisotopic (exact) mass is 360 g/mol. The molecule has 0 atom stereocenters. The Hall–Kier alpha value is -0.690. The number of nitrogens with one attached hydrogen (secondary N) is 1. The van der Waals surface area contributed by atoms with Gasteiger partial charge in [-0.1, -0.05) is 6.07 Å². The van der Waals surface area contributed by atoms with Crippen molar-refractivity contribution in [2.75, 3.05) is 0 Å². The number of Topliss-reactive ketones (excluding diaryl/α,β-unsaturated/α-hetero) is 1. The van der Waals surface area contributed by atoms with Crippen LogP contribution in [0.3, 0.4) is 0 Å². The van der Waals surface area contributed by atoms with Crippen molar-refractivity contribution in [3.63, 3.8) is 0 Å². The molecule has 0 spiro atoms. The normalized spacial score (nSPS) is 22.3. The van der Waals surface area contributed by atoms with Gasteiger partial charge >= 0.3 is 0 Å². The van der Waals surface area contributed by atoms with Crippen LogP contribution in [-0.2, 0) is 11.2 Å². The molecule has 98 valence electrons. The first-order valence-electron chi connectivity index (χ1n) is 6.14. The number of carbonyl (C=O) groups is 1. The number of ether oxygens (including phenoxy) is 1. The first-order valence-corrected chi connectivity index (χ1v) is 7.22. The molecule has 2 rings (SSSR count). The molecule has 0 radical (unpaired) electrons. The zero-order valence-corrected chi connectivity index (χ0v) is 12.5. The van der Waals surface area contributed by atoms with Crippen LogP contribution in [0.2, 0.25) is 0 Å². The second-order valence-electron chi connectivity index (χ2n) is 4.72. The molecule has 1 N–H and O–H groups in total. The Bertz CT molecular complexity index is 402. The van der Waals surface area contributed by atoms with Crippen LogP contribution in [0.15, 0.2) is 18.3 Å². The lowest BCUT2D eigenvalue weighted by Crippen LogP contribution is -2.43. The van der Waals surface area contributed by atoms with Crippen molar-refractivity contribution in [3.05, 3.63) is 23.9 Å². The van der Waals surface area contributed by atoms with E-state index in [4.69, 9.17) is 4.74 Å². The van der Waals surface area contributed by atoms with Crippen LogP contribution < -0.4 is 8.27 Å². The summed E-state index contributed by atoms with van der Waals surface area (Å²) < 4.78 is 8.93. The molecular formula is C13H17IN2O2. The fourth-order valence-corrected chi connectivity index (χ4v) is 2.38. The van der Waals surface area contributed by atoms with Crippen molar-refractivity contribution in [1.29, 1.82) is 0 Å². The van der Waals surface area contributed by atoms with Crippen LogP contribution in [-0.4, -0.2) is 22.9 Å². The second-order valence-corrected chi connectivity index (χ2v) is 5.35. The fraction of sp³-hybridized carbons (Fsp3) is 0.538. The fourth-order valence-electron chi connectivity index (χ4n) is 1.87. The van der Waals surface area contributed by atoms with Gasteiger partial charge in [-0.05, 0) is 18.9 Å². The van der Waals surface area contributed by atoms with Gasteiger partial charge in [-0.15, -0.1) is 0 Å². The summed E-state index contributed by atoms with van der Waals surface area (Å²) in [6.45, 7) is 1.61. The minimum absolute atomic E-state index is 0.210. The zero-order valence-electron chi connectivity index (χ0n) is 10.4. The van der Waals surface area contributed by atoms with Gasteiger partial charge in [0.25, 0.3) is 0 Å². The van der Waals surface area contributed by atoms with Crippen molar-refractivity contribution in [3.8, 4) is 5.88 Å². The van der Waals surface area contributed by atoms with Crippen LogP contribution in [0.5, 0.6) is 5.88 Å². The third-order valence-corrected chi connectivity index (χ3v) is 3.98. The van der Waals surface area contributed by atoms with Gasteiger partial charge in [-0.2, -0.15) is 0 Å². The molecule has 1 heterocycles. The molecule has 0 saturated heterocycles. The zero-order chi connectivity index (χ0) is 13.0. The number of nitrogens with zero attached hydrogens (tertiary/aromatic N) is 1. The molecule has 0 unspecified atom stereocenters. The number of aromatic nitrogens is 1. The molecule has 1 aliphatic rings. The van der Waals surface area contributed by atoms with E-state index >= 15 is 0 Å². The Morgan fingerprint density at radius 3 is 2.89 bits per heavy atom. The largest absolute Gasteiger partial charge is 0.474 e. The average Bonchev–Trinajstić information content (AvgIpc) is 2.32. The molecule has 0 amide bonds. The van der Waals surface area contributed by atoms with Crippen LogP contribution in [0, 0.1) is 0 Å². The first-order chi connectivity index (χ1) is 8.67. The molecule has 0 aromatic carbocycles. The SMILES string of the molecule is CC(=O)CCc1ccc(O[C@H]2C[C@H](NI)C2)nc1. The van der Waals surface area contributed by atoms with E-state index in [-0.39, 0.29) is 11.9 Å².